The third-order valence-electron chi connectivity index (χ3n) is 5.67. The second-order valence-electron chi connectivity index (χ2n) is 8.26. The van der Waals surface area contributed by atoms with Gasteiger partial charge >= 0.3 is 12.2 Å². The normalized spacial score (nSPS) is 17.2. The van der Waals surface area contributed by atoms with E-state index in [2.05, 4.69) is 5.32 Å². The number of nitrogens with zero attached hydrogens (tertiary/aromatic N) is 2. The summed E-state index contributed by atoms with van der Waals surface area (Å²) in [7, 11) is -4.05. The number of rotatable bonds is 5. The summed E-state index contributed by atoms with van der Waals surface area (Å²) in [6.45, 7) is 2.23. The van der Waals surface area contributed by atoms with Gasteiger partial charge in [0.1, 0.15) is 0 Å². The van der Waals surface area contributed by atoms with E-state index >= 15 is 0 Å². The molecular weight excluding hydrogens is 473 g/mol. The molecule has 1 saturated heterocycles. The van der Waals surface area contributed by atoms with E-state index in [4.69, 9.17) is 9.88 Å². The van der Waals surface area contributed by atoms with Gasteiger partial charge in [0.15, 0.2) is 0 Å². The van der Waals surface area contributed by atoms with Crippen molar-refractivity contribution < 1.29 is 31.1 Å². The quantitative estimate of drug-likeness (QED) is 0.653. The van der Waals surface area contributed by atoms with E-state index in [1.807, 2.05) is 4.90 Å². The minimum absolute atomic E-state index is 0.0159. The van der Waals surface area contributed by atoms with Gasteiger partial charge in [-0.2, -0.15) is 13.2 Å². The summed E-state index contributed by atoms with van der Waals surface area (Å²) in [5, 5.41) is 7.88. The number of alkyl halides is 3. The molecule has 2 aromatic carbocycles. The van der Waals surface area contributed by atoms with Crippen LogP contribution < -0.4 is 20.3 Å². The zero-order valence-corrected chi connectivity index (χ0v) is 19.0. The van der Waals surface area contributed by atoms with Crippen LogP contribution in [0.3, 0.4) is 0 Å². The molecule has 0 atom stereocenters. The number of nitrogens with two attached hydrogens (primary N) is 1. The number of benzene rings is 2. The number of anilines is 3. The Labute approximate surface area is 195 Å². The van der Waals surface area contributed by atoms with Crippen LogP contribution in [0.25, 0.3) is 0 Å². The summed E-state index contributed by atoms with van der Waals surface area (Å²) in [6.07, 6.45) is -2.45. The molecule has 184 valence electrons. The Hall–Kier alpha value is -2.83. The lowest BCUT2D eigenvalue weighted by molar-refractivity contribution is -0.137. The molecule has 2 aromatic rings. The molecule has 12 heteroatoms. The number of primary sulfonamides is 1. The number of urea groups is 1. The number of hydrogen-bond acceptors (Lipinski definition) is 5. The molecular formula is C22H25F3N4O4S. The van der Waals surface area contributed by atoms with Gasteiger partial charge in [0.25, 0.3) is 0 Å². The molecule has 1 aliphatic carbocycles. The zero-order chi connectivity index (χ0) is 24.5. The van der Waals surface area contributed by atoms with Crippen LogP contribution in [0.4, 0.5) is 35.0 Å². The van der Waals surface area contributed by atoms with Gasteiger partial charge in [0.05, 0.1) is 28.4 Å². The van der Waals surface area contributed by atoms with E-state index in [1.54, 1.807) is 6.07 Å². The number of amides is 2. The van der Waals surface area contributed by atoms with Crippen molar-refractivity contribution in [2.24, 2.45) is 5.14 Å². The van der Waals surface area contributed by atoms with E-state index in [0.29, 0.717) is 50.5 Å². The lowest BCUT2D eigenvalue weighted by Gasteiger charge is -2.31. The van der Waals surface area contributed by atoms with Crippen LogP contribution in [0.2, 0.25) is 0 Å². The number of ether oxygens (including phenoxy) is 1. The lowest BCUT2D eigenvalue weighted by Crippen LogP contribution is -2.39. The van der Waals surface area contributed by atoms with Gasteiger partial charge in [-0.3, -0.25) is 4.90 Å². The van der Waals surface area contributed by atoms with E-state index in [-0.39, 0.29) is 16.6 Å². The second kappa shape index (κ2) is 9.43. The molecule has 1 aliphatic heterocycles. The maximum Gasteiger partial charge on any atom is 0.416 e. The van der Waals surface area contributed by atoms with Gasteiger partial charge in [-0.25, -0.2) is 18.4 Å². The summed E-state index contributed by atoms with van der Waals surface area (Å²) >= 11 is 0. The first-order chi connectivity index (χ1) is 16.0. The van der Waals surface area contributed by atoms with Crippen LogP contribution in [0.5, 0.6) is 0 Å². The number of carbonyl (C=O) groups is 1. The molecule has 2 fully saturated rings. The first kappa shape index (κ1) is 24.3. The topological polar surface area (TPSA) is 105 Å². The number of carbonyl (C=O) groups excluding carboxylic acids is 1. The van der Waals surface area contributed by atoms with Crippen LogP contribution in [-0.2, 0) is 20.9 Å². The van der Waals surface area contributed by atoms with Gasteiger partial charge in [-0.1, -0.05) is 6.07 Å². The standard InChI is InChI=1S/C22H25F3N4O4S/c23-22(24,25)15-3-1-4-16(13-15)27-21(30)29(17-5-6-17)20-14-18(34(26,31)32)7-8-19(20)28-9-2-11-33-12-10-28/h1,3-4,7-8,13-14,17H,2,5-6,9-12H2,(H,27,30)(H2,26,31,32). The summed E-state index contributed by atoms with van der Waals surface area (Å²) in [5.74, 6) is 0. The highest BCUT2D eigenvalue weighted by atomic mass is 32.2. The Kier molecular flexibility index (Phi) is 6.74. The van der Waals surface area contributed by atoms with E-state index < -0.39 is 27.8 Å². The van der Waals surface area contributed by atoms with Crippen LogP contribution in [0.1, 0.15) is 24.8 Å². The molecule has 0 bridgehead atoms. The average molecular weight is 499 g/mol. The number of sulfonamides is 1. The SMILES string of the molecule is NS(=O)(=O)c1ccc(N2CCCOCC2)c(N(C(=O)Nc2cccc(C(F)(F)F)c2)C2CC2)c1. The highest BCUT2D eigenvalue weighted by Gasteiger charge is 2.37. The fourth-order valence-corrected chi connectivity index (χ4v) is 4.42. The molecule has 8 nitrogen and oxygen atoms in total. The molecule has 0 aromatic heterocycles. The predicted octanol–water partition coefficient (Wildman–Crippen LogP) is 3.78. The monoisotopic (exact) mass is 498 g/mol. The first-order valence-corrected chi connectivity index (χ1v) is 12.4. The van der Waals surface area contributed by atoms with E-state index in [1.165, 1.54) is 29.2 Å². The van der Waals surface area contributed by atoms with Gasteiger partial charge in [0.2, 0.25) is 10.0 Å². The molecule has 34 heavy (non-hydrogen) atoms. The van der Waals surface area contributed by atoms with Gasteiger partial charge in [-0.15, -0.1) is 0 Å². The highest BCUT2D eigenvalue weighted by molar-refractivity contribution is 7.89. The number of nitrogens with one attached hydrogen (secondary N) is 1. The summed E-state index contributed by atoms with van der Waals surface area (Å²) in [4.78, 5) is 16.6. The van der Waals surface area contributed by atoms with Crippen LogP contribution in [-0.4, -0.2) is 46.8 Å². The minimum Gasteiger partial charge on any atom is -0.380 e. The van der Waals surface area contributed by atoms with Gasteiger partial charge in [-0.05, 0) is 55.7 Å². The Morgan fingerprint density at radius 1 is 1.12 bits per heavy atom. The maximum absolute atomic E-state index is 13.3. The Balaban J connectivity index is 1.72. The van der Waals surface area contributed by atoms with Crippen molar-refractivity contribution in [3.8, 4) is 0 Å². The summed E-state index contributed by atoms with van der Waals surface area (Å²) in [5.41, 5.74) is 0.0620. The lowest BCUT2D eigenvalue weighted by atomic mass is 10.2. The molecule has 4 rings (SSSR count). The number of hydrogen-bond donors (Lipinski definition) is 2. The molecule has 1 saturated carbocycles. The van der Waals surface area contributed by atoms with E-state index in [9.17, 15) is 26.4 Å². The molecule has 2 amide bonds. The molecule has 2 aliphatic rings. The van der Waals surface area contributed by atoms with Crippen molar-refractivity contribution in [1.82, 2.24) is 0 Å². The minimum atomic E-state index is -4.55. The molecule has 0 spiro atoms. The van der Waals surface area contributed by atoms with Crippen molar-refractivity contribution in [3.63, 3.8) is 0 Å². The van der Waals surface area contributed by atoms with Crippen LogP contribution >= 0.6 is 0 Å². The summed E-state index contributed by atoms with van der Waals surface area (Å²) < 4.78 is 68.9. The molecule has 0 radical (unpaired) electrons. The number of halogens is 3. The Morgan fingerprint density at radius 3 is 2.56 bits per heavy atom. The Morgan fingerprint density at radius 2 is 1.88 bits per heavy atom. The molecule has 1 heterocycles. The zero-order valence-electron chi connectivity index (χ0n) is 18.2. The van der Waals surface area contributed by atoms with Crippen molar-refractivity contribution in [1.29, 1.82) is 0 Å². The maximum atomic E-state index is 13.3. The van der Waals surface area contributed by atoms with Gasteiger partial charge < -0.3 is 15.0 Å². The Bertz CT molecular complexity index is 1160. The first-order valence-electron chi connectivity index (χ1n) is 10.8. The predicted molar refractivity (Wildman–Crippen MR) is 121 cm³/mol. The third-order valence-corrected chi connectivity index (χ3v) is 6.58. The van der Waals surface area contributed by atoms with Crippen LogP contribution in [0.15, 0.2) is 47.4 Å². The molecule has 0 unspecified atom stereocenters. The summed E-state index contributed by atoms with van der Waals surface area (Å²) in [6, 6.07) is 7.82. The average Bonchev–Trinajstić information content (AvgIpc) is 3.60. The highest BCUT2D eigenvalue weighted by Crippen LogP contribution is 2.40. The third kappa shape index (κ3) is 5.62. The second-order valence-corrected chi connectivity index (χ2v) is 9.82. The van der Waals surface area contributed by atoms with Crippen molar-refractivity contribution in [2.75, 3.05) is 41.4 Å². The van der Waals surface area contributed by atoms with Gasteiger partial charge in [0, 0.05) is 31.4 Å². The fraction of sp³-hybridized carbons (Fsp3) is 0.409. The smallest absolute Gasteiger partial charge is 0.380 e. The van der Waals surface area contributed by atoms with Crippen molar-refractivity contribution in [3.05, 3.63) is 48.0 Å². The fourth-order valence-electron chi connectivity index (χ4n) is 3.89. The largest absolute Gasteiger partial charge is 0.416 e. The van der Waals surface area contributed by atoms with Crippen molar-refractivity contribution in [2.45, 2.75) is 36.4 Å². The molecule has 3 N–H and O–H groups in total. The van der Waals surface area contributed by atoms with Crippen molar-refractivity contribution >= 4 is 33.1 Å². The van der Waals surface area contributed by atoms with Crippen LogP contribution in [0, 0.1) is 0 Å². The van der Waals surface area contributed by atoms with E-state index in [0.717, 1.165) is 18.6 Å².